The van der Waals surface area contributed by atoms with Gasteiger partial charge in [0, 0.05) is 0 Å². The minimum absolute atomic E-state index is 0.0606. The third kappa shape index (κ3) is 1.52. The van der Waals surface area contributed by atoms with Gasteiger partial charge in [0.05, 0.1) is 18.0 Å². The molecule has 0 saturated carbocycles. The maximum atomic E-state index is 9.01. The largest absolute Gasteiger partial charge is 0.390 e. The highest BCUT2D eigenvalue weighted by atomic mass is 16.3. The first-order valence-electron chi connectivity index (χ1n) is 4.29. The molecule has 7 nitrogen and oxygen atoms in total. The Hall–Kier alpha value is -2.02. The molecule has 2 aromatic heterocycles. The van der Waals surface area contributed by atoms with Gasteiger partial charge in [-0.25, -0.2) is 9.97 Å². The summed E-state index contributed by atoms with van der Waals surface area (Å²) in [6, 6.07) is 0. The number of aryl methyl sites for hydroxylation is 1. The molecule has 78 valence electrons. The van der Waals surface area contributed by atoms with Crippen molar-refractivity contribution in [1.82, 2.24) is 19.9 Å². The van der Waals surface area contributed by atoms with Crippen LogP contribution in [0.2, 0.25) is 0 Å². The van der Waals surface area contributed by atoms with Gasteiger partial charge < -0.3 is 16.6 Å². The van der Waals surface area contributed by atoms with Gasteiger partial charge >= 0.3 is 0 Å². The van der Waals surface area contributed by atoms with Crippen molar-refractivity contribution in [2.24, 2.45) is 0 Å². The number of nitrogen functional groups attached to an aromatic ring is 2. The lowest BCUT2D eigenvalue weighted by Gasteiger charge is -2.05. The molecule has 0 spiro atoms. The molecule has 0 unspecified atom stereocenters. The highest BCUT2D eigenvalue weighted by Gasteiger charge is 2.09. The van der Waals surface area contributed by atoms with E-state index < -0.39 is 0 Å². The van der Waals surface area contributed by atoms with Gasteiger partial charge in [0.25, 0.3) is 0 Å². The third-order valence-electron chi connectivity index (χ3n) is 2.00. The molecule has 0 aliphatic heterocycles. The first-order valence-corrected chi connectivity index (χ1v) is 4.29. The third-order valence-corrected chi connectivity index (χ3v) is 2.00. The van der Waals surface area contributed by atoms with Crippen molar-refractivity contribution in [3.05, 3.63) is 11.4 Å². The first-order chi connectivity index (χ1) is 7.11. The van der Waals surface area contributed by atoms with E-state index in [9.17, 15) is 0 Å². The molecule has 0 saturated heterocycles. The quantitative estimate of drug-likeness (QED) is 0.568. The first kappa shape index (κ1) is 9.53. The monoisotopic (exact) mass is 206 g/mol. The minimum Gasteiger partial charge on any atom is -0.390 e. The number of nitrogens with two attached hydrogens (primary N) is 2. The van der Waals surface area contributed by atoms with E-state index in [-0.39, 0.29) is 18.4 Å². The number of fused-ring (bicyclic) bond motifs is 1. The predicted molar refractivity (Wildman–Crippen MR) is 54.6 cm³/mol. The van der Waals surface area contributed by atoms with Crippen molar-refractivity contribution in [2.45, 2.75) is 13.5 Å². The van der Waals surface area contributed by atoms with E-state index >= 15 is 0 Å². The Bertz CT molecular complexity index is 526. The molecule has 0 fully saturated rings. The molecule has 0 radical (unpaired) electrons. The average Bonchev–Trinajstić information content (AvgIpc) is 2.16. The Labute approximate surface area is 85.2 Å². The summed E-state index contributed by atoms with van der Waals surface area (Å²) in [6.45, 7) is 1.53. The fraction of sp³-hybridized carbons (Fsp3) is 0.250. The highest BCUT2D eigenvalue weighted by Crippen LogP contribution is 2.16. The Kier molecular flexibility index (Phi) is 2.09. The molecule has 0 bridgehead atoms. The van der Waals surface area contributed by atoms with Gasteiger partial charge in [-0.15, -0.1) is 0 Å². The summed E-state index contributed by atoms with van der Waals surface area (Å²) in [4.78, 5) is 15.9. The van der Waals surface area contributed by atoms with Crippen LogP contribution in [0.3, 0.4) is 0 Å². The SMILES string of the molecule is Cc1nc2nc(N)nc(N)c2nc1CO. The Balaban J connectivity index is 2.81. The molecule has 15 heavy (non-hydrogen) atoms. The van der Waals surface area contributed by atoms with E-state index in [1.165, 1.54) is 0 Å². The maximum absolute atomic E-state index is 9.01. The van der Waals surface area contributed by atoms with E-state index in [2.05, 4.69) is 19.9 Å². The molecule has 0 aliphatic rings. The van der Waals surface area contributed by atoms with Crippen molar-refractivity contribution in [3.63, 3.8) is 0 Å². The molecule has 2 aromatic rings. The molecular weight excluding hydrogens is 196 g/mol. The Morgan fingerprint density at radius 3 is 2.53 bits per heavy atom. The van der Waals surface area contributed by atoms with Crippen molar-refractivity contribution in [3.8, 4) is 0 Å². The molecule has 0 aromatic carbocycles. The van der Waals surface area contributed by atoms with Gasteiger partial charge in [0.2, 0.25) is 5.95 Å². The number of aromatic nitrogens is 4. The molecule has 2 rings (SSSR count). The highest BCUT2D eigenvalue weighted by molar-refractivity contribution is 5.82. The summed E-state index contributed by atoms with van der Waals surface area (Å²) in [5, 5.41) is 9.01. The zero-order chi connectivity index (χ0) is 11.0. The lowest BCUT2D eigenvalue weighted by Crippen LogP contribution is -2.06. The van der Waals surface area contributed by atoms with Crippen LogP contribution < -0.4 is 11.5 Å². The number of nitrogens with zero attached hydrogens (tertiary/aromatic N) is 4. The summed E-state index contributed by atoms with van der Waals surface area (Å²) < 4.78 is 0. The van der Waals surface area contributed by atoms with Crippen LogP contribution in [0.5, 0.6) is 0 Å². The fourth-order valence-corrected chi connectivity index (χ4v) is 1.25. The molecule has 5 N–H and O–H groups in total. The van der Waals surface area contributed by atoms with E-state index in [0.717, 1.165) is 0 Å². The Morgan fingerprint density at radius 2 is 1.87 bits per heavy atom. The zero-order valence-electron chi connectivity index (χ0n) is 8.10. The van der Waals surface area contributed by atoms with Crippen LogP contribution >= 0.6 is 0 Å². The second-order valence-electron chi connectivity index (χ2n) is 3.05. The van der Waals surface area contributed by atoms with Gasteiger partial charge in [-0.3, -0.25) is 0 Å². The predicted octanol–water partition coefficient (Wildman–Crippen LogP) is -0.615. The lowest BCUT2D eigenvalue weighted by molar-refractivity contribution is 0.276. The maximum Gasteiger partial charge on any atom is 0.224 e. The van der Waals surface area contributed by atoms with Crippen LogP contribution in [0.4, 0.5) is 11.8 Å². The topological polar surface area (TPSA) is 124 Å². The number of anilines is 2. The standard InChI is InChI=1S/C8H10N6O/c1-3-4(2-15)12-5-6(9)13-8(10)14-7(5)11-3/h15H,2H2,1H3,(H4,9,10,11,13,14). The Morgan fingerprint density at radius 1 is 1.13 bits per heavy atom. The smallest absolute Gasteiger partial charge is 0.224 e. The number of hydrogen-bond donors (Lipinski definition) is 3. The van der Waals surface area contributed by atoms with E-state index in [4.69, 9.17) is 16.6 Å². The van der Waals surface area contributed by atoms with Gasteiger partial charge in [-0.2, -0.15) is 9.97 Å². The summed E-state index contributed by atoms with van der Waals surface area (Å²) in [5.41, 5.74) is 12.8. The van der Waals surface area contributed by atoms with Crippen LogP contribution in [0.15, 0.2) is 0 Å². The molecule has 0 amide bonds. The summed E-state index contributed by atoms with van der Waals surface area (Å²) in [5.74, 6) is 0.227. The summed E-state index contributed by atoms with van der Waals surface area (Å²) >= 11 is 0. The van der Waals surface area contributed by atoms with Crippen molar-refractivity contribution in [2.75, 3.05) is 11.5 Å². The number of aliphatic hydroxyl groups excluding tert-OH is 1. The second-order valence-corrected chi connectivity index (χ2v) is 3.05. The van der Waals surface area contributed by atoms with Crippen LogP contribution in [-0.2, 0) is 6.61 Å². The number of hydrogen-bond acceptors (Lipinski definition) is 7. The summed E-state index contributed by atoms with van der Waals surface area (Å²) in [7, 11) is 0. The van der Waals surface area contributed by atoms with Gasteiger partial charge in [0.1, 0.15) is 0 Å². The van der Waals surface area contributed by atoms with E-state index in [0.29, 0.717) is 22.6 Å². The normalized spacial score (nSPS) is 10.8. The van der Waals surface area contributed by atoms with Crippen LogP contribution in [0.25, 0.3) is 11.2 Å². The molecule has 7 heteroatoms. The second kappa shape index (κ2) is 3.28. The molecule has 2 heterocycles. The van der Waals surface area contributed by atoms with Gasteiger partial charge in [-0.1, -0.05) is 0 Å². The summed E-state index contributed by atoms with van der Waals surface area (Å²) in [6.07, 6.45) is 0. The van der Waals surface area contributed by atoms with E-state index in [1.807, 2.05) is 0 Å². The number of aliphatic hydroxyl groups is 1. The van der Waals surface area contributed by atoms with Crippen molar-refractivity contribution in [1.29, 1.82) is 0 Å². The van der Waals surface area contributed by atoms with Crippen LogP contribution in [-0.4, -0.2) is 25.0 Å². The van der Waals surface area contributed by atoms with Gasteiger partial charge in [0.15, 0.2) is 17.0 Å². The molecule has 0 aliphatic carbocycles. The van der Waals surface area contributed by atoms with Crippen LogP contribution in [0, 0.1) is 6.92 Å². The van der Waals surface area contributed by atoms with Crippen molar-refractivity contribution < 1.29 is 5.11 Å². The zero-order valence-corrected chi connectivity index (χ0v) is 8.10. The number of rotatable bonds is 1. The van der Waals surface area contributed by atoms with Gasteiger partial charge in [-0.05, 0) is 6.92 Å². The molecule has 0 atom stereocenters. The molecular formula is C8H10N6O. The van der Waals surface area contributed by atoms with E-state index in [1.54, 1.807) is 6.92 Å². The minimum atomic E-state index is -0.196. The van der Waals surface area contributed by atoms with Crippen LogP contribution in [0.1, 0.15) is 11.4 Å². The van der Waals surface area contributed by atoms with Crippen molar-refractivity contribution >= 4 is 22.9 Å². The fourth-order valence-electron chi connectivity index (χ4n) is 1.25. The average molecular weight is 206 g/mol. The lowest BCUT2D eigenvalue weighted by atomic mass is 10.3.